The third kappa shape index (κ3) is 5.17. The quantitative estimate of drug-likeness (QED) is 0.514. The van der Waals surface area contributed by atoms with Crippen molar-refractivity contribution in [2.45, 2.75) is 32.6 Å². The Morgan fingerprint density at radius 1 is 1.17 bits per heavy atom. The van der Waals surface area contributed by atoms with Crippen molar-refractivity contribution < 1.29 is 9.53 Å². The van der Waals surface area contributed by atoms with Crippen LogP contribution in [0.2, 0.25) is 5.02 Å². The lowest BCUT2D eigenvalue weighted by Crippen LogP contribution is -2.14. The molecule has 128 valence electrons. The van der Waals surface area contributed by atoms with Gasteiger partial charge in [0.2, 0.25) is 0 Å². The minimum absolute atomic E-state index is 0.235. The molecule has 0 radical (unpaired) electrons. The van der Waals surface area contributed by atoms with Crippen LogP contribution >= 0.6 is 11.6 Å². The minimum Gasteiger partial charge on any atom is -0.493 e. The van der Waals surface area contributed by atoms with Crippen LogP contribution in [0.1, 0.15) is 43.0 Å². The molecule has 0 atom stereocenters. The first-order valence-corrected chi connectivity index (χ1v) is 8.58. The molecule has 3 N–H and O–H groups in total. The summed E-state index contributed by atoms with van der Waals surface area (Å²) in [5, 5.41) is 3.28. The van der Waals surface area contributed by atoms with Gasteiger partial charge >= 0.3 is 0 Å². The van der Waals surface area contributed by atoms with Gasteiger partial charge in [-0.05, 0) is 36.8 Å². The standard InChI is InChI=1S/C19H23ClN2O2/c1-2-3-4-7-12-24-18-9-6-5-8-15(18)19(23)22-14-10-11-16(20)17(21)13-14/h5-6,8-11,13H,2-4,7,12,21H2,1H3,(H,22,23). The Balaban J connectivity index is 2.02. The van der Waals surface area contributed by atoms with Crippen LogP contribution in [0.5, 0.6) is 5.75 Å². The number of carbonyl (C=O) groups excluding carboxylic acids is 1. The highest BCUT2D eigenvalue weighted by Crippen LogP contribution is 2.24. The molecular formula is C19H23ClN2O2. The number of halogens is 1. The summed E-state index contributed by atoms with van der Waals surface area (Å²) in [4.78, 5) is 12.5. The fourth-order valence-electron chi connectivity index (χ4n) is 2.31. The van der Waals surface area contributed by atoms with Crippen LogP contribution < -0.4 is 15.8 Å². The first-order chi connectivity index (χ1) is 11.6. The molecule has 5 heteroatoms. The molecule has 2 aromatic carbocycles. The normalized spacial score (nSPS) is 10.4. The van der Waals surface area contributed by atoms with E-state index in [1.807, 2.05) is 18.2 Å². The lowest BCUT2D eigenvalue weighted by Gasteiger charge is -2.12. The molecule has 0 aliphatic heterocycles. The zero-order valence-corrected chi connectivity index (χ0v) is 14.6. The summed E-state index contributed by atoms with van der Waals surface area (Å²) < 4.78 is 5.78. The van der Waals surface area contributed by atoms with Crippen molar-refractivity contribution in [2.24, 2.45) is 0 Å². The maximum atomic E-state index is 12.5. The van der Waals surface area contributed by atoms with Gasteiger partial charge in [-0.3, -0.25) is 4.79 Å². The minimum atomic E-state index is -0.235. The SMILES string of the molecule is CCCCCCOc1ccccc1C(=O)Nc1ccc(Cl)c(N)c1. The van der Waals surface area contributed by atoms with E-state index in [9.17, 15) is 4.79 Å². The fraction of sp³-hybridized carbons (Fsp3) is 0.316. The number of hydrogen-bond acceptors (Lipinski definition) is 3. The van der Waals surface area contributed by atoms with Crippen LogP contribution in [0.4, 0.5) is 11.4 Å². The molecule has 0 saturated carbocycles. The number of amides is 1. The van der Waals surface area contributed by atoms with Crippen molar-refractivity contribution in [1.29, 1.82) is 0 Å². The molecule has 0 bridgehead atoms. The number of unbranched alkanes of at least 4 members (excludes halogenated alkanes) is 3. The average molecular weight is 347 g/mol. The summed E-state index contributed by atoms with van der Waals surface area (Å²) in [5.74, 6) is 0.356. The van der Waals surface area contributed by atoms with Gasteiger partial charge in [0.05, 0.1) is 22.9 Å². The van der Waals surface area contributed by atoms with Gasteiger partial charge in [-0.15, -0.1) is 0 Å². The van der Waals surface area contributed by atoms with E-state index in [2.05, 4.69) is 12.2 Å². The molecule has 0 heterocycles. The number of nitrogens with two attached hydrogens (primary N) is 1. The summed E-state index contributed by atoms with van der Waals surface area (Å²) in [6.45, 7) is 2.78. The van der Waals surface area contributed by atoms with Crippen LogP contribution in [0.3, 0.4) is 0 Å². The number of para-hydroxylation sites is 1. The van der Waals surface area contributed by atoms with Crippen molar-refractivity contribution in [1.82, 2.24) is 0 Å². The summed E-state index contributed by atoms with van der Waals surface area (Å²) in [5.41, 5.74) is 7.29. The van der Waals surface area contributed by atoms with Gasteiger partial charge in [0.1, 0.15) is 5.75 Å². The number of rotatable bonds is 8. The Kier molecular flexibility index (Phi) is 6.94. The van der Waals surface area contributed by atoms with Crippen molar-refractivity contribution in [2.75, 3.05) is 17.7 Å². The van der Waals surface area contributed by atoms with Gasteiger partial charge in [0, 0.05) is 5.69 Å². The van der Waals surface area contributed by atoms with Crippen LogP contribution in [0, 0.1) is 0 Å². The van der Waals surface area contributed by atoms with Crippen LogP contribution in [0.15, 0.2) is 42.5 Å². The maximum Gasteiger partial charge on any atom is 0.259 e. The maximum absolute atomic E-state index is 12.5. The monoisotopic (exact) mass is 346 g/mol. The molecule has 0 spiro atoms. The Labute approximate surface area is 148 Å². The van der Waals surface area contributed by atoms with Gasteiger partial charge in [0.15, 0.2) is 0 Å². The smallest absolute Gasteiger partial charge is 0.259 e. The van der Waals surface area contributed by atoms with Crippen molar-refractivity contribution in [3.63, 3.8) is 0 Å². The third-order valence-corrected chi connectivity index (χ3v) is 3.99. The Morgan fingerprint density at radius 3 is 2.71 bits per heavy atom. The number of anilines is 2. The molecule has 0 unspecified atom stereocenters. The lowest BCUT2D eigenvalue weighted by molar-refractivity contribution is 0.102. The topological polar surface area (TPSA) is 64.3 Å². The number of hydrogen-bond donors (Lipinski definition) is 2. The van der Waals surface area contributed by atoms with Crippen LogP contribution in [0.25, 0.3) is 0 Å². The second-order valence-corrected chi connectivity index (χ2v) is 6.00. The van der Waals surface area contributed by atoms with E-state index in [-0.39, 0.29) is 5.91 Å². The Morgan fingerprint density at radius 2 is 1.96 bits per heavy atom. The molecule has 2 aromatic rings. The summed E-state index contributed by atoms with van der Waals surface area (Å²) >= 11 is 5.90. The van der Waals surface area contributed by atoms with Gasteiger partial charge in [-0.1, -0.05) is 49.9 Å². The van der Waals surface area contributed by atoms with Crippen molar-refractivity contribution >= 4 is 28.9 Å². The predicted molar refractivity (Wildman–Crippen MR) is 99.9 cm³/mol. The molecular weight excluding hydrogens is 324 g/mol. The van der Waals surface area contributed by atoms with Crippen molar-refractivity contribution in [3.8, 4) is 5.75 Å². The lowest BCUT2D eigenvalue weighted by atomic mass is 10.1. The molecule has 0 fully saturated rings. The van der Waals surface area contributed by atoms with E-state index in [4.69, 9.17) is 22.1 Å². The summed E-state index contributed by atoms with van der Waals surface area (Å²) in [6.07, 6.45) is 4.50. The highest BCUT2D eigenvalue weighted by molar-refractivity contribution is 6.33. The van der Waals surface area contributed by atoms with Gasteiger partial charge in [0.25, 0.3) is 5.91 Å². The predicted octanol–water partition coefficient (Wildman–Crippen LogP) is 5.13. The second kappa shape index (κ2) is 9.18. The number of nitrogen functional groups attached to an aromatic ring is 1. The molecule has 4 nitrogen and oxygen atoms in total. The molecule has 0 aromatic heterocycles. The van der Waals surface area contributed by atoms with Gasteiger partial charge < -0.3 is 15.8 Å². The summed E-state index contributed by atoms with van der Waals surface area (Å²) in [6, 6.07) is 12.2. The first kappa shape index (κ1) is 18.1. The average Bonchev–Trinajstić information content (AvgIpc) is 2.58. The number of nitrogens with one attached hydrogen (secondary N) is 1. The van der Waals surface area contributed by atoms with E-state index in [1.54, 1.807) is 24.3 Å². The number of carbonyl (C=O) groups is 1. The molecule has 0 saturated heterocycles. The molecule has 2 rings (SSSR count). The second-order valence-electron chi connectivity index (χ2n) is 5.60. The third-order valence-electron chi connectivity index (χ3n) is 3.64. The summed E-state index contributed by atoms with van der Waals surface area (Å²) in [7, 11) is 0. The highest BCUT2D eigenvalue weighted by Gasteiger charge is 2.12. The van der Waals surface area contributed by atoms with Crippen LogP contribution in [-0.2, 0) is 0 Å². The van der Waals surface area contributed by atoms with E-state index >= 15 is 0 Å². The van der Waals surface area contributed by atoms with Crippen molar-refractivity contribution in [3.05, 3.63) is 53.1 Å². The molecule has 0 aliphatic rings. The zero-order chi connectivity index (χ0) is 17.4. The van der Waals surface area contributed by atoms with Crippen LogP contribution in [-0.4, -0.2) is 12.5 Å². The van der Waals surface area contributed by atoms with E-state index in [0.717, 1.165) is 12.8 Å². The number of ether oxygens (including phenoxy) is 1. The van der Waals surface area contributed by atoms with E-state index in [1.165, 1.54) is 12.8 Å². The zero-order valence-electron chi connectivity index (χ0n) is 13.8. The first-order valence-electron chi connectivity index (χ1n) is 8.20. The van der Waals surface area contributed by atoms with Gasteiger partial charge in [-0.25, -0.2) is 0 Å². The molecule has 24 heavy (non-hydrogen) atoms. The van der Waals surface area contributed by atoms with Gasteiger partial charge in [-0.2, -0.15) is 0 Å². The van der Waals surface area contributed by atoms with E-state index < -0.39 is 0 Å². The molecule has 0 aliphatic carbocycles. The number of benzene rings is 2. The Hall–Kier alpha value is -2.20. The largest absolute Gasteiger partial charge is 0.493 e. The van der Waals surface area contributed by atoms with E-state index in [0.29, 0.717) is 34.3 Å². The Bertz CT molecular complexity index is 689. The fourth-order valence-corrected chi connectivity index (χ4v) is 2.43. The highest BCUT2D eigenvalue weighted by atomic mass is 35.5. The molecule has 1 amide bonds.